The lowest BCUT2D eigenvalue weighted by atomic mass is 9.93. The Balaban J connectivity index is 2.17. The van der Waals surface area contributed by atoms with Gasteiger partial charge < -0.3 is 10.4 Å². The third kappa shape index (κ3) is 4.06. The summed E-state index contributed by atoms with van der Waals surface area (Å²) in [5.41, 5.74) is 0. The van der Waals surface area contributed by atoms with Crippen LogP contribution in [0.1, 0.15) is 32.6 Å². The number of rotatable bonds is 5. The van der Waals surface area contributed by atoms with Crippen molar-refractivity contribution < 1.29 is 13.5 Å². The first kappa shape index (κ1) is 16.5. The standard InChI is InChI=1S/C13H20ClN3O3S/c1-2-15-13-10(14)7-9(8-16-13)21(19,20)17-11-5-3-4-6-12(11)18/h7-8,11-12,17-18H,2-6H2,1H3,(H,15,16). The first-order chi connectivity index (χ1) is 9.94. The molecule has 1 aromatic heterocycles. The largest absolute Gasteiger partial charge is 0.391 e. The Hall–Kier alpha value is -0.890. The van der Waals surface area contributed by atoms with E-state index < -0.39 is 22.2 Å². The maximum Gasteiger partial charge on any atom is 0.242 e. The van der Waals surface area contributed by atoms with Gasteiger partial charge in [-0.1, -0.05) is 24.4 Å². The molecule has 0 aliphatic heterocycles. The summed E-state index contributed by atoms with van der Waals surface area (Å²) >= 11 is 6.02. The Morgan fingerprint density at radius 1 is 1.43 bits per heavy atom. The van der Waals surface area contributed by atoms with Crippen molar-refractivity contribution in [3.8, 4) is 0 Å². The molecule has 0 saturated heterocycles. The molecule has 1 aliphatic rings. The van der Waals surface area contributed by atoms with Gasteiger partial charge in [-0.3, -0.25) is 0 Å². The number of nitrogens with zero attached hydrogens (tertiary/aromatic N) is 1. The quantitative estimate of drug-likeness (QED) is 0.763. The molecule has 0 spiro atoms. The molecule has 2 rings (SSSR count). The predicted octanol–water partition coefficient (Wildman–Crippen LogP) is 1.75. The smallest absolute Gasteiger partial charge is 0.242 e. The zero-order chi connectivity index (χ0) is 15.5. The fourth-order valence-corrected chi connectivity index (χ4v) is 3.95. The monoisotopic (exact) mass is 333 g/mol. The van der Waals surface area contributed by atoms with E-state index in [4.69, 9.17) is 11.6 Å². The summed E-state index contributed by atoms with van der Waals surface area (Å²) < 4.78 is 27.2. The maximum absolute atomic E-state index is 12.3. The predicted molar refractivity (Wildman–Crippen MR) is 82.0 cm³/mol. The molecule has 1 saturated carbocycles. The number of nitrogens with one attached hydrogen (secondary N) is 2. The normalized spacial score (nSPS) is 23.0. The van der Waals surface area contributed by atoms with Crippen LogP contribution >= 0.6 is 11.6 Å². The van der Waals surface area contributed by atoms with E-state index in [0.29, 0.717) is 25.2 Å². The highest BCUT2D eigenvalue weighted by molar-refractivity contribution is 7.89. The van der Waals surface area contributed by atoms with Gasteiger partial charge in [-0.15, -0.1) is 0 Å². The lowest BCUT2D eigenvalue weighted by Crippen LogP contribution is -2.44. The molecule has 0 aromatic carbocycles. The molecule has 21 heavy (non-hydrogen) atoms. The second-order valence-electron chi connectivity index (χ2n) is 5.11. The number of anilines is 1. The van der Waals surface area contributed by atoms with E-state index in [1.54, 1.807) is 0 Å². The minimum atomic E-state index is -3.73. The van der Waals surface area contributed by atoms with Gasteiger partial charge in [0.05, 0.1) is 11.1 Å². The van der Waals surface area contributed by atoms with Gasteiger partial charge in [0.2, 0.25) is 10.0 Å². The second kappa shape index (κ2) is 6.91. The third-order valence-electron chi connectivity index (χ3n) is 3.51. The van der Waals surface area contributed by atoms with Crippen molar-refractivity contribution in [1.82, 2.24) is 9.71 Å². The first-order valence-corrected chi connectivity index (χ1v) is 8.90. The van der Waals surface area contributed by atoms with Gasteiger partial charge in [-0.25, -0.2) is 18.1 Å². The zero-order valence-corrected chi connectivity index (χ0v) is 13.4. The number of hydrogen-bond donors (Lipinski definition) is 3. The van der Waals surface area contributed by atoms with Crippen molar-refractivity contribution in [2.45, 2.75) is 49.6 Å². The zero-order valence-electron chi connectivity index (χ0n) is 11.8. The van der Waals surface area contributed by atoms with Gasteiger partial charge in [0, 0.05) is 18.8 Å². The van der Waals surface area contributed by atoms with E-state index >= 15 is 0 Å². The summed E-state index contributed by atoms with van der Waals surface area (Å²) in [4.78, 5) is 4.03. The fraction of sp³-hybridized carbons (Fsp3) is 0.615. The van der Waals surface area contributed by atoms with Gasteiger partial charge in [-0.2, -0.15) is 0 Å². The van der Waals surface area contributed by atoms with Crippen LogP contribution in [0.3, 0.4) is 0 Å². The van der Waals surface area contributed by atoms with E-state index in [-0.39, 0.29) is 9.92 Å². The van der Waals surface area contributed by atoms with Gasteiger partial charge in [-0.05, 0) is 25.8 Å². The highest BCUT2D eigenvalue weighted by atomic mass is 35.5. The van der Waals surface area contributed by atoms with Crippen LogP contribution in [0.2, 0.25) is 5.02 Å². The molecule has 0 bridgehead atoms. The van der Waals surface area contributed by atoms with E-state index in [0.717, 1.165) is 12.8 Å². The molecule has 118 valence electrons. The van der Waals surface area contributed by atoms with Crippen molar-refractivity contribution in [3.05, 3.63) is 17.3 Å². The highest BCUT2D eigenvalue weighted by Gasteiger charge is 2.28. The van der Waals surface area contributed by atoms with Crippen LogP contribution < -0.4 is 10.0 Å². The number of aliphatic hydroxyl groups is 1. The van der Waals surface area contributed by atoms with Crippen molar-refractivity contribution in [1.29, 1.82) is 0 Å². The van der Waals surface area contributed by atoms with E-state index in [1.165, 1.54) is 12.3 Å². The average molecular weight is 334 g/mol. The Bertz CT molecular complexity index is 594. The van der Waals surface area contributed by atoms with Gasteiger partial charge >= 0.3 is 0 Å². The van der Waals surface area contributed by atoms with E-state index in [9.17, 15) is 13.5 Å². The molecule has 3 N–H and O–H groups in total. The number of pyridine rings is 1. The van der Waals surface area contributed by atoms with Crippen LogP contribution in [-0.2, 0) is 10.0 Å². The summed E-state index contributed by atoms with van der Waals surface area (Å²) in [7, 11) is -3.73. The van der Waals surface area contributed by atoms with Crippen molar-refractivity contribution in [2.75, 3.05) is 11.9 Å². The van der Waals surface area contributed by atoms with Gasteiger partial charge in [0.25, 0.3) is 0 Å². The van der Waals surface area contributed by atoms with Gasteiger partial charge in [0.15, 0.2) is 0 Å². The topological polar surface area (TPSA) is 91.3 Å². The SMILES string of the molecule is CCNc1ncc(S(=O)(=O)NC2CCCCC2O)cc1Cl. The van der Waals surface area contributed by atoms with E-state index in [2.05, 4.69) is 15.0 Å². The van der Waals surface area contributed by atoms with Crippen LogP contribution in [0.25, 0.3) is 0 Å². The molecule has 0 radical (unpaired) electrons. The van der Waals surface area contributed by atoms with Crippen LogP contribution in [0.4, 0.5) is 5.82 Å². The minimum Gasteiger partial charge on any atom is -0.391 e. The Morgan fingerprint density at radius 2 is 2.14 bits per heavy atom. The maximum atomic E-state index is 12.3. The molecule has 0 amide bonds. The third-order valence-corrected chi connectivity index (χ3v) is 5.25. The summed E-state index contributed by atoms with van der Waals surface area (Å²) in [6.45, 7) is 2.54. The highest BCUT2D eigenvalue weighted by Crippen LogP contribution is 2.24. The molecule has 1 fully saturated rings. The second-order valence-corrected chi connectivity index (χ2v) is 7.23. The summed E-state index contributed by atoms with van der Waals surface area (Å²) in [6.07, 6.45) is 3.70. The van der Waals surface area contributed by atoms with Crippen molar-refractivity contribution >= 4 is 27.4 Å². The molecular formula is C13H20ClN3O3S. The molecule has 1 heterocycles. The number of sulfonamides is 1. The molecule has 2 atom stereocenters. The summed E-state index contributed by atoms with van der Waals surface area (Å²) in [6, 6.07) is 0.917. The lowest BCUT2D eigenvalue weighted by Gasteiger charge is -2.28. The summed E-state index contributed by atoms with van der Waals surface area (Å²) in [5, 5.41) is 13.1. The molecule has 2 unspecified atom stereocenters. The van der Waals surface area contributed by atoms with Crippen molar-refractivity contribution in [3.63, 3.8) is 0 Å². The van der Waals surface area contributed by atoms with Crippen molar-refractivity contribution in [2.24, 2.45) is 0 Å². The number of halogens is 1. The summed E-state index contributed by atoms with van der Waals surface area (Å²) in [5.74, 6) is 0.454. The lowest BCUT2D eigenvalue weighted by molar-refractivity contribution is 0.101. The number of aliphatic hydroxyl groups excluding tert-OH is 1. The Kier molecular flexibility index (Phi) is 5.43. The molecule has 1 aliphatic carbocycles. The molecule has 6 nitrogen and oxygen atoms in total. The molecular weight excluding hydrogens is 314 g/mol. The van der Waals surface area contributed by atoms with Crippen LogP contribution in [-0.4, -0.2) is 37.2 Å². The van der Waals surface area contributed by atoms with Gasteiger partial charge in [0.1, 0.15) is 10.7 Å². The molecule has 1 aromatic rings. The minimum absolute atomic E-state index is 0.00641. The number of aromatic nitrogens is 1. The van der Waals surface area contributed by atoms with E-state index in [1.807, 2.05) is 6.92 Å². The first-order valence-electron chi connectivity index (χ1n) is 7.04. The number of hydrogen-bond acceptors (Lipinski definition) is 5. The Labute approximate surface area is 130 Å². The van der Waals surface area contributed by atoms with Crippen LogP contribution in [0, 0.1) is 0 Å². The average Bonchev–Trinajstić information content (AvgIpc) is 2.43. The Morgan fingerprint density at radius 3 is 2.76 bits per heavy atom. The molecule has 8 heteroatoms. The van der Waals surface area contributed by atoms with Crippen LogP contribution in [0.5, 0.6) is 0 Å². The van der Waals surface area contributed by atoms with Crippen LogP contribution in [0.15, 0.2) is 17.2 Å². The fourth-order valence-electron chi connectivity index (χ4n) is 2.38.